The van der Waals surface area contributed by atoms with Crippen molar-refractivity contribution in [3.05, 3.63) is 0 Å². The minimum atomic E-state index is -0.900. The van der Waals surface area contributed by atoms with Gasteiger partial charge in [-0.25, -0.2) is 0 Å². The van der Waals surface area contributed by atoms with Gasteiger partial charge in [0.15, 0.2) is 0 Å². The van der Waals surface area contributed by atoms with Crippen LogP contribution >= 0.6 is 0 Å². The van der Waals surface area contributed by atoms with Gasteiger partial charge in [-0.15, -0.1) is 0 Å². The van der Waals surface area contributed by atoms with Crippen LogP contribution < -0.4 is 5.73 Å². The number of aliphatic carboxylic acids is 1. The quantitative estimate of drug-likeness (QED) is 0.559. The van der Waals surface area contributed by atoms with Crippen molar-refractivity contribution in [3.8, 4) is 0 Å². The molecule has 4 heteroatoms. The molecule has 3 nitrogen and oxygen atoms in total. The van der Waals surface area contributed by atoms with Gasteiger partial charge in [-0.1, -0.05) is 19.8 Å². The van der Waals surface area contributed by atoms with Crippen LogP contribution in [0.25, 0.3) is 0 Å². The number of rotatable bonds is 4. The Morgan fingerprint density at radius 1 is 1.70 bits per heavy atom. The maximum absolute atomic E-state index is 10.1. The zero-order valence-corrected chi connectivity index (χ0v) is 5.63. The predicted molar refractivity (Wildman–Crippen MR) is 42.3 cm³/mol. The second-order valence-corrected chi connectivity index (χ2v) is 2.09. The molecule has 10 heavy (non-hydrogen) atoms. The molecule has 0 aromatic heterocycles. The van der Waals surface area contributed by atoms with Gasteiger partial charge in [0, 0.05) is 0 Å². The van der Waals surface area contributed by atoms with E-state index >= 15 is 0 Å². The van der Waals surface area contributed by atoms with Crippen molar-refractivity contribution >= 4 is 35.5 Å². The number of nitrogens with two attached hydrogens (primary N) is 1. The standard InChI is InChI=1S/C6H13NO2.Na.H/c1-2-3-4-5(7)6(8)9;;/h5H,2-4,7H2,1H3,(H,8,9);;/t5-;;/m0../s1. The molecular weight excluding hydrogens is 141 g/mol. The summed E-state index contributed by atoms with van der Waals surface area (Å²) in [5.74, 6) is -0.900. The van der Waals surface area contributed by atoms with Crippen molar-refractivity contribution in [2.75, 3.05) is 0 Å². The van der Waals surface area contributed by atoms with Crippen molar-refractivity contribution in [1.82, 2.24) is 0 Å². The third-order valence-electron chi connectivity index (χ3n) is 1.19. The van der Waals surface area contributed by atoms with E-state index in [0.717, 1.165) is 12.8 Å². The van der Waals surface area contributed by atoms with E-state index in [0.29, 0.717) is 6.42 Å². The Hall–Kier alpha value is 0.430. The summed E-state index contributed by atoms with van der Waals surface area (Å²) < 4.78 is 0. The summed E-state index contributed by atoms with van der Waals surface area (Å²) >= 11 is 0. The Morgan fingerprint density at radius 3 is 2.50 bits per heavy atom. The Kier molecular flexibility index (Phi) is 9.84. The number of hydrogen-bond donors (Lipinski definition) is 2. The van der Waals surface area contributed by atoms with Gasteiger partial charge in [-0.05, 0) is 6.42 Å². The van der Waals surface area contributed by atoms with Crippen LogP contribution in [0.4, 0.5) is 0 Å². The first-order valence-electron chi connectivity index (χ1n) is 3.17. The van der Waals surface area contributed by atoms with Gasteiger partial charge < -0.3 is 10.8 Å². The van der Waals surface area contributed by atoms with Crippen molar-refractivity contribution in [2.45, 2.75) is 32.2 Å². The first kappa shape index (κ1) is 13.1. The van der Waals surface area contributed by atoms with Gasteiger partial charge >= 0.3 is 35.5 Å². The molecule has 0 amide bonds. The molecule has 3 N–H and O–H groups in total. The van der Waals surface area contributed by atoms with Gasteiger partial charge in [-0.3, -0.25) is 4.79 Å². The van der Waals surface area contributed by atoms with E-state index in [-0.39, 0.29) is 29.6 Å². The fraction of sp³-hybridized carbons (Fsp3) is 0.833. The Balaban J connectivity index is 0. The van der Waals surface area contributed by atoms with Gasteiger partial charge in [0.25, 0.3) is 0 Å². The number of hydrogen-bond acceptors (Lipinski definition) is 2. The molecule has 56 valence electrons. The van der Waals surface area contributed by atoms with Crippen LogP contribution in [0, 0.1) is 0 Å². The molecule has 0 heterocycles. The van der Waals surface area contributed by atoms with Crippen molar-refractivity contribution in [1.29, 1.82) is 0 Å². The number of carbonyl (C=O) groups is 1. The number of unbranched alkanes of at least 4 members (excludes halogenated alkanes) is 1. The second-order valence-electron chi connectivity index (χ2n) is 2.09. The van der Waals surface area contributed by atoms with Crippen LogP contribution in [0.3, 0.4) is 0 Å². The molecule has 0 spiro atoms. The average molecular weight is 155 g/mol. The van der Waals surface area contributed by atoms with Crippen molar-refractivity contribution < 1.29 is 9.90 Å². The van der Waals surface area contributed by atoms with Gasteiger partial charge in [0.1, 0.15) is 6.04 Å². The van der Waals surface area contributed by atoms with Crippen molar-refractivity contribution in [3.63, 3.8) is 0 Å². The molecule has 0 rings (SSSR count). The normalized spacial score (nSPS) is 11.8. The molecule has 0 radical (unpaired) electrons. The van der Waals surface area contributed by atoms with Crippen LogP contribution in [-0.4, -0.2) is 46.7 Å². The topological polar surface area (TPSA) is 63.3 Å². The molecule has 0 saturated heterocycles. The van der Waals surface area contributed by atoms with E-state index in [2.05, 4.69) is 0 Å². The molecule has 0 aliphatic rings. The van der Waals surface area contributed by atoms with Crippen LogP contribution in [0.5, 0.6) is 0 Å². The van der Waals surface area contributed by atoms with E-state index in [4.69, 9.17) is 10.8 Å². The summed E-state index contributed by atoms with van der Waals surface area (Å²) in [6, 6.07) is -0.662. The monoisotopic (exact) mass is 155 g/mol. The zero-order valence-electron chi connectivity index (χ0n) is 5.63. The molecule has 0 unspecified atom stereocenters. The third-order valence-corrected chi connectivity index (χ3v) is 1.19. The Morgan fingerprint density at radius 2 is 2.20 bits per heavy atom. The first-order valence-corrected chi connectivity index (χ1v) is 3.17. The van der Waals surface area contributed by atoms with E-state index < -0.39 is 12.0 Å². The van der Waals surface area contributed by atoms with Crippen LogP contribution in [-0.2, 0) is 4.79 Å². The van der Waals surface area contributed by atoms with E-state index in [1.165, 1.54) is 0 Å². The molecule has 0 saturated carbocycles. The summed E-state index contributed by atoms with van der Waals surface area (Å²) in [6.07, 6.45) is 2.49. The molecule has 0 bridgehead atoms. The van der Waals surface area contributed by atoms with Crippen LogP contribution in [0.1, 0.15) is 26.2 Å². The molecule has 0 aromatic carbocycles. The van der Waals surface area contributed by atoms with Crippen LogP contribution in [0.15, 0.2) is 0 Å². The summed E-state index contributed by atoms with van der Waals surface area (Å²) in [5.41, 5.74) is 5.20. The molecule has 0 aliphatic carbocycles. The van der Waals surface area contributed by atoms with Gasteiger partial charge in [0.2, 0.25) is 0 Å². The third kappa shape index (κ3) is 6.55. The maximum atomic E-state index is 10.1. The Bertz CT molecular complexity index is 97.7. The SMILES string of the molecule is CCCC[C@H](N)C(=O)O.[NaH]. The number of carboxylic acids is 1. The summed E-state index contributed by atoms with van der Waals surface area (Å²) in [6.45, 7) is 2.01. The van der Waals surface area contributed by atoms with Crippen LogP contribution in [0.2, 0.25) is 0 Å². The predicted octanol–water partition coefficient (Wildman–Crippen LogP) is -0.0600. The Labute approximate surface area is 83.3 Å². The fourth-order valence-corrected chi connectivity index (χ4v) is 0.548. The first-order chi connectivity index (χ1) is 4.18. The molecule has 0 fully saturated rings. The van der Waals surface area contributed by atoms with Crippen molar-refractivity contribution in [2.24, 2.45) is 5.73 Å². The van der Waals surface area contributed by atoms with Gasteiger partial charge in [-0.2, -0.15) is 0 Å². The van der Waals surface area contributed by atoms with E-state index in [1.807, 2.05) is 6.92 Å². The molecule has 1 atom stereocenters. The van der Waals surface area contributed by atoms with E-state index in [9.17, 15) is 4.79 Å². The van der Waals surface area contributed by atoms with E-state index in [1.54, 1.807) is 0 Å². The molecular formula is C6H14NNaO2. The van der Waals surface area contributed by atoms with Gasteiger partial charge in [0.05, 0.1) is 0 Å². The fourth-order valence-electron chi connectivity index (χ4n) is 0.548. The summed E-state index contributed by atoms with van der Waals surface area (Å²) in [7, 11) is 0. The number of carboxylic acid groups (broad SMARTS) is 1. The molecule has 0 aromatic rings. The summed E-state index contributed by atoms with van der Waals surface area (Å²) in [4.78, 5) is 10.1. The average Bonchev–Trinajstić information content (AvgIpc) is 1.82. The minimum absolute atomic E-state index is 0. The zero-order chi connectivity index (χ0) is 7.28. The molecule has 0 aliphatic heterocycles. The summed E-state index contributed by atoms with van der Waals surface area (Å²) in [5, 5.41) is 8.28. The second kappa shape index (κ2) is 7.54.